The van der Waals surface area contributed by atoms with Gasteiger partial charge < -0.3 is 18.9 Å². The molecule has 1 saturated heterocycles. The van der Waals surface area contributed by atoms with Gasteiger partial charge in [0.15, 0.2) is 5.75 Å². The van der Waals surface area contributed by atoms with Crippen LogP contribution in [-0.4, -0.2) is 44.8 Å². The lowest BCUT2D eigenvalue weighted by Crippen LogP contribution is -2.54. The number of hydrogen-bond donors (Lipinski definition) is 2. The molecule has 9 nitrogen and oxygen atoms in total. The van der Waals surface area contributed by atoms with Crippen LogP contribution in [0.1, 0.15) is 15.9 Å². The molecule has 3 heterocycles. The Morgan fingerprint density at radius 2 is 1.74 bits per heavy atom. The number of nitrogens with one attached hydrogen (secondary N) is 1. The number of nitrogens with zero attached hydrogens (tertiary/aromatic N) is 4. The van der Waals surface area contributed by atoms with E-state index < -0.39 is 5.91 Å². The van der Waals surface area contributed by atoms with Crippen molar-refractivity contribution in [3.8, 4) is 17.2 Å². The van der Waals surface area contributed by atoms with Gasteiger partial charge in [-0.1, -0.05) is 18.2 Å². The molecule has 2 aromatic heterocycles. The molecule has 0 aliphatic carbocycles. The van der Waals surface area contributed by atoms with Crippen LogP contribution in [0.15, 0.2) is 85.7 Å². The summed E-state index contributed by atoms with van der Waals surface area (Å²) >= 11 is 0. The number of anilines is 1. The molecule has 1 amide bonds. The van der Waals surface area contributed by atoms with E-state index in [0.29, 0.717) is 36.7 Å². The molecule has 5 rings (SSSR count). The minimum atomic E-state index is -0.553. The van der Waals surface area contributed by atoms with E-state index in [1.807, 2.05) is 65.5 Å². The number of carbonyl (C=O) groups excluding carboxylic acids is 1. The molecule has 172 valence electrons. The largest absolute Gasteiger partial charge is 0.487 e. The van der Waals surface area contributed by atoms with Crippen molar-refractivity contribution < 1.29 is 19.5 Å². The van der Waals surface area contributed by atoms with E-state index in [0.717, 1.165) is 17.0 Å². The number of ether oxygens (including phenoxy) is 2. The van der Waals surface area contributed by atoms with Gasteiger partial charge in [0, 0.05) is 12.4 Å². The van der Waals surface area contributed by atoms with Crippen molar-refractivity contribution in [3.63, 3.8) is 0 Å². The normalized spacial score (nSPS) is 13.3. The first-order valence-corrected chi connectivity index (χ1v) is 10.8. The molecular formula is C25H23N5O4. The van der Waals surface area contributed by atoms with Gasteiger partial charge >= 0.3 is 0 Å². The van der Waals surface area contributed by atoms with E-state index >= 15 is 0 Å². The Labute approximate surface area is 196 Å². The van der Waals surface area contributed by atoms with Crippen molar-refractivity contribution in [2.45, 2.75) is 12.7 Å². The summed E-state index contributed by atoms with van der Waals surface area (Å²) in [4.78, 5) is 22.3. The smallest absolute Gasteiger partial charge is 0.276 e. The molecule has 1 fully saturated rings. The summed E-state index contributed by atoms with van der Waals surface area (Å²) in [6, 6.07) is 17.0. The zero-order valence-electron chi connectivity index (χ0n) is 18.2. The summed E-state index contributed by atoms with van der Waals surface area (Å²) in [6.45, 7) is 1.78. The SMILES string of the molecule is O=C(NO)c1cccc(N2CC(Oc3ccc(COc4cncnc4)cc3)C2)c1-n1cccc1. The molecule has 0 bridgehead atoms. The molecule has 9 heteroatoms. The van der Waals surface area contributed by atoms with Crippen LogP contribution in [-0.2, 0) is 6.61 Å². The minimum Gasteiger partial charge on any atom is -0.487 e. The number of para-hydroxylation sites is 1. The van der Waals surface area contributed by atoms with Crippen LogP contribution in [0.2, 0.25) is 0 Å². The maximum Gasteiger partial charge on any atom is 0.276 e. The molecular weight excluding hydrogens is 434 g/mol. The molecule has 34 heavy (non-hydrogen) atoms. The second-order valence-electron chi connectivity index (χ2n) is 7.86. The van der Waals surface area contributed by atoms with Crippen molar-refractivity contribution >= 4 is 11.6 Å². The number of benzene rings is 2. The summed E-state index contributed by atoms with van der Waals surface area (Å²) in [5.74, 6) is 0.857. The number of hydrogen-bond acceptors (Lipinski definition) is 7. The zero-order chi connectivity index (χ0) is 23.3. The molecule has 2 aromatic carbocycles. The first-order chi connectivity index (χ1) is 16.7. The minimum absolute atomic E-state index is 0.0244. The highest BCUT2D eigenvalue weighted by atomic mass is 16.5. The Kier molecular flexibility index (Phi) is 6.09. The van der Waals surface area contributed by atoms with Gasteiger partial charge in [-0.15, -0.1) is 0 Å². The van der Waals surface area contributed by atoms with Crippen LogP contribution in [0.5, 0.6) is 11.5 Å². The van der Waals surface area contributed by atoms with E-state index in [1.165, 1.54) is 6.33 Å². The van der Waals surface area contributed by atoms with Gasteiger partial charge in [-0.25, -0.2) is 15.4 Å². The van der Waals surface area contributed by atoms with E-state index in [4.69, 9.17) is 9.47 Å². The monoisotopic (exact) mass is 457 g/mol. The third kappa shape index (κ3) is 4.55. The molecule has 0 unspecified atom stereocenters. The fourth-order valence-electron chi connectivity index (χ4n) is 3.88. The summed E-state index contributed by atoms with van der Waals surface area (Å²) in [5, 5.41) is 9.17. The standard InChI is InChI=1S/C25H23N5O4/c31-25(28-32)22-4-3-5-23(24(22)29-10-1-2-11-29)30-14-21(15-30)34-19-8-6-18(7-9-19)16-33-20-12-26-17-27-13-20/h1-13,17,21,32H,14-16H2,(H,28,31). The van der Waals surface area contributed by atoms with Gasteiger partial charge in [-0.3, -0.25) is 10.0 Å². The zero-order valence-corrected chi connectivity index (χ0v) is 18.2. The topological polar surface area (TPSA) is 102 Å². The number of hydroxylamine groups is 1. The number of rotatable bonds is 8. The lowest BCUT2D eigenvalue weighted by molar-refractivity contribution is 0.0706. The maximum atomic E-state index is 12.2. The molecule has 0 spiro atoms. The Bertz CT molecular complexity index is 1240. The van der Waals surface area contributed by atoms with Crippen LogP contribution in [0.25, 0.3) is 5.69 Å². The Morgan fingerprint density at radius 1 is 1.00 bits per heavy atom. The number of aromatic nitrogens is 3. The van der Waals surface area contributed by atoms with Crippen molar-refractivity contribution in [3.05, 3.63) is 96.8 Å². The first-order valence-electron chi connectivity index (χ1n) is 10.8. The summed E-state index contributed by atoms with van der Waals surface area (Å²) in [7, 11) is 0. The van der Waals surface area contributed by atoms with E-state index in [2.05, 4.69) is 14.9 Å². The van der Waals surface area contributed by atoms with Gasteiger partial charge in [-0.05, 0) is 42.0 Å². The second kappa shape index (κ2) is 9.63. The lowest BCUT2D eigenvalue weighted by atomic mass is 10.0. The quantitative estimate of drug-likeness (QED) is 0.309. The number of amides is 1. The van der Waals surface area contributed by atoms with Crippen molar-refractivity contribution in [2.75, 3.05) is 18.0 Å². The van der Waals surface area contributed by atoms with Gasteiger partial charge in [0.25, 0.3) is 5.91 Å². The van der Waals surface area contributed by atoms with E-state index in [-0.39, 0.29) is 6.10 Å². The maximum absolute atomic E-state index is 12.2. The highest BCUT2D eigenvalue weighted by Gasteiger charge is 2.31. The van der Waals surface area contributed by atoms with Crippen LogP contribution in [0, 0.1) is 0 Å². The van der Waals surface area contributed by atoms with Gasteiger partial charge in [0.1, 0.15) is 24.8 Å². The van der Waals surface area contributed by atoms with Crippen LogP contribution >= 0.6 is 0 Å². The predicted molar refractivity (Wildman–Crippen MR) is 124 cm³/mol. The van der Waals surface area contributed by atoms with Crippen molar-refractivity contribution in [2.24, 2.45) is 0 Å². The molecule has 0 radical (unpaired) electrons. The second-order valence-corrected chi connectivity index (χ2v) is 7.86. The first kappa shape index (κ1) is 21.5. The highest BCUT2D eigenvalue weighted by Crippen LogP contribution is 2.32. The summed E-state index contributed by atoms with van der Waals surface area (Å²) in [6.07, 6.45) is 8.48. The Balaban J connectivity index is 1.22. The Morgan fingerprint density at radius 3 is 2.44 bits per heavy atom. The third-order valence-corrected chi connectivity index (χ3v) is 5.58. The average molecular weight is 457 g/mol. The predicted octanol–water partition coefficient (Wildman–Crippen LogP) is 3.23. The fourth-order valence-corrected chi connectivity index (χ4v) is 3.88. The third-order valence-electron chi connectivity index (χ3n) is 5.58. The summed E-state index contributed by atoms with van der Waals surface area (Å²) < 4.78 is 13.7. The van der Waals surface area contributed by atoms with E-state index in [1.54, 1.807) is 23.9 Å². The molecule has 2 N–H and O–H groups in total. The van der Waals surface area contributed by atoms with Crippen molar-refractivity contribution in [1.29, 1.82) is 0 Å². The molecule has 0 atom stereocenters. The molecule has 1 aliphatic rings. The lowest BCUT2D eigenvalue weighted by Gasteiger charge is -2.41. The van der Waals surface area contributed by atoms with Crippen molar-refractivity contribution in [1.82, 2.24) is 20.0 Å². The van der Waals surface area contributed by atoms with Crippen LogP contribution in [0.4, 0.5) is 5.69 Å². The molecule has 1 aliphatic heterocycles. The van der Waals surface area contributed by atoms with Gasteiger partial charge in [-0.2, -0.15) is 0 Å². The molecule has 0 saturated carbocycles. The van der Waals surface area contributed by atoms with Gasteiger partial charge in [0.05, 0.1) is 42.4 Å². The highest BCUT2D eigenvalue weighted by molar-refractivity contribution is 5.99. The van der Waals surface area contributed by atoms with Crippen LogP contribution in [0.3, 0.4) is 0 Å². The molecule has 4 aromatic rings. The van der Waals surface area contributed by atoms with E-state index in [9.17, 15) is 10.0 Å². The fraction of sp³-hybridized carbons (Fsp3) is 0.160. The van der Waals surface area contributed by atoms with Gasteiger partial charge in [0.2, 0.25) is 0 Å². The van der Waals surface area contributed by atoms with Crippen LogP contribution < -0.4 is 19.9 Å². The average Bonchev–Trinajstić information content (AvgIpc) is 3.40. The Hall–Kier alpha value is -4.37. The summed E-state index contributed by atoms with van der Waals surface area (Å²) in [5.41, 5.74) is 4.76. The number of carbonyl (C=O) groups is 1.